The molecule has 0 saturated carbocycles. The van der Waals surface area contributed by atoms with E-state index in [1.54, 1.807) is 12.1 Å². The molecule has 0 atom stereocenters. The van der Waals surface area contributed by atoms with Crippen molar-refractivity contribution < 1.29 is 9.53 Å². The molecule has 3 rings (SSSR count). The number of aryl methyl sites for hydroxylation is 3. The van der Waals surface area contributed by atoms with E-state index in [0.717, 1.165) is 16.8 Å². The van der Waals surface area contributed by atoms with Crippen LogP contribution < -0.4 is 10.1 Å². The van der Waals surface area contributed by atoms with Gasteiger partial charge in [0.05, 0.1) is 10.8 Å². The van der Waals surface area contributed by atoms with E-state index in [1.165, 1.54) is 17.3 Å². The number of amides is 1. The maximum absolute atomic E-state index is 12.4. The van der Waals surface area contributed by atoms with Crippen LogP contribution in [0.15, 0.2) is 41.6 Å². The molecule has 0 bridgehead atoms. The lowest BCUT2D eigenvalue weighted by Gasteiger charge is -2.12. The largest absolute Gasteiger partial charge is 0.484 e. The SMILES string of the molecule is Cc1cc(C)c(NC(=O)CSc2nnc(COc3ccccc3Cl)n2C)c(C)c1. The Morgan fingerprint density at radius 1 is 1.17 bits per heavy atom. The number of benzene rings is 2. The lowest BCUT2D eigenvalue weighted by atomic mass is 10.1. The Morgan fingerprint density at radius 2 is 1.86 bits per heavy atom. The fourth-order valence-electron chi connectivity index (χ4n) is 2.98. The Balaban J connectivity index is 1.57. The maximum atomic E-state index is 12.4. The van der Waals surface area contributed by atoms with Crippen LogP contribution in [0.1, 0.15) is 22.5 Å². The van der Waals surface area contributed by atoms with Crippen molar-refractivity contribution >= 4 is 35.0 Å². The van der Waals surface area contributed by atoms with Gasteiger partial charge in [0, 0.05) is 12.7 Å². The molecule has 3 aromatic rings. The highest BCUT2D eigenvalue weighted by Gasteiger charge is 2.14. The number of para-hydroxylation sites is 1. The van der Waals surface area contributed by atoms with Crippen LogP contribution in [-0.4, -0.2) is 26.4 Å². The summed E-state index contributed by atoms with van der Waals surface area (Å²) in [5.74, 6) is 1.40. The average Bonchev–Trinajstić information content (AvgIpc) is 3.02. The molecular formula is C21H23ClN4O2S. The molecular weight excluding hydrogens is 408 g/mol. The molecule has 2 aromatic carbocycles. The summed E-state index contributed by atoms with van der Waals surface area (Å²) in [6.45, 7) is 6.28. The number of thioether (sulfide) groups is 1. The second-order valence-electron chi connectivity index (χ2n) is 6.79. The second kappa shape index (κ2) is 9.33. The molecule has 0 saturated heterocycles. The van der Waals surface area contributed by atoms with E-state index in [9.17, 15) is 4.79 Å². The Bertz CT molecular complexity index is 1010. The minimum atomic E-state index is -0.0816. The van der Waals surface area contributed by atoms with Crippen molar-refractivity contribution in [2.24, 2.45) is 7.05 Å². The molecule has 1 heterocycles. The zero-order chi connectivity index (χ0) is 21.0. The van der Waals surface area contributed by atoms with Crippen molar-refractivity contribution in [3.05, 3.63) is 63.9 Å². The third kappa shape index (κ3) is 5.31. The van der Waals surface area contributed by atoms with E-state index < -0.39 is 0 Å². The van der Waals surface area contributed by atoms with E-state index in [2.05, 4.69) is 27.6 Å². The van der Waals surface area contributed by atoms with Crippen LogP contribution >= 0.6 is 23.4 Å². The van der Waals surface area contributed by atoms with Crippen LogP contribution in [0.5, 0.6) is 5.75 Å². The lowest BCUT2D eigenvalue weighted by molar-refractivity contribution is -0.113. The van der Waals surface area contributed by atoms with E-state index in [0.29, 0.717) is 21.8 Å². The van der Waals surface area contributed by atoms with Gasteiger partial charge in [-0.1, -0.05) is 53.2 Å². The Morgan fingerprint density at radius 3 is 2.55 bits per heavy atom. The Hall–Kier alpha value is -2.51. The van der Waals surface area contributed by atoms with Crippen LogP contribution in [0, 0.1) is 20.8 Å². The van der Waals surface area contributed by atoms with Gasteiger partial charge in [-0.3, -0.25) is 4.79 Å². The molecule has 0 spiro atoms. The second-order valence-corrected chi connectivity index (χ2v) is 8.14. The number of carbonyl (C=O) groups excluding carboxylic acids is 1. The number of rotatable bonds is 7. The molecule has 152 valence electrons. The van der Waals surface area contributed by atoms with Gasteiger partial charge >= 0.3 is 0 Å². The first-order chi connectivity index (χ1) is 13.8. The Kier molecular flexibility index (Phi) is 6.82. The average molecular weight is 431 g/mol. The fraction of sp³-hybridized carbons (Fsp3) is 0.286. The minimum Gasteiger partial charge on any atom is -0.484 e. The van der Waals surface area contributed by atoms with Gasteiger partial charge in [0.15, 0.2) is 11.0 Å². The first kappa shape index (κ1) is 21.2. The van der Waals surface area contributed by atoms with E-state index in [1.807, 2.05) is 44.5 Å². The standard InChI is InChI=1S/C21H23ClN4O2S/c1-13-9-14(2)20(15(3)10-13)23-19(27)12-29-21-25-24-18(26(21)4)11-28-17-8-6-5-7-16(17)22/h5-10H,11-12H2,1-4H3,(H,23,27). The van der Waals surface area contributed by atoms with Crippen LogP contribution in [0.3, 0.4) is 0 Å². The summed E-state index contributed by atoms with van der Waals surface area (Å²) in [6, 6.07) is 11.4. The molecule has 0 fully saturated rings. The number of ether oxygens (including phenoxy) is 1. The molecule has 0 aliphatic carbocycles. The highest BCUT2D eigenvalue weighted by molar-refractivity contribution is 7.99. The van der Waals surface area contributed by atoms with Crippen molar-refractivity contribution in [3.63, 3.8) is 0 Å². The summed E-state index contributed by atoms with van der Waals surface area (Å²) in [4.78, 5) is 12.4. The zero-order valence-corrected chi connectivity index (χ0v) is 18.4. The number of anilines is 1. The summed E-state index contributed by atoms with van der Waals surface area (Å²) in [5.41, 5.74) is 4.16. The molecule has 1 aromatic heterocycles. The maximum Gasteiger partial charge on any atom is 0.234 e. The number of nitrogens with one attached hydrogen (secondary N) is 1. The van der Waals surface area contributed by atoms with Gasteiger partial charge in [-0.2, -0.15) is 0 Å². The lowest BCUT2D eigenvalue weighted by Crippen LogP contribution is -2.16. The van der Waals surface area contributed by atoms with Crippen molar-refractivity contribution in [2.75, 3.05) is 11.1 Å². The first-order valence-electron chi connectivity index (χ1n) is 9.11. The minimum absolute atomic E-state index is 0.0816. The van der Waals surface area contributed by atoms with Gasteiger partial charge in [-0.15, -0.1) is 10.2 Å². The van der Waals surface area contributed by atoms with Crippen molar-refractivity contribution in [2.45, 2.75) is 32.5 Å². The van der Waals surface area contributed by atoms with Gasteiger partial charge in [-0.25, -0.2) is 0 Å². The quantitative estimate of drug-likeness (QED) is 0.550. The molecule has 0 aliphatic heterocycles. The molecule has 1 amide bonds. The normalized spacial score (nSPS) is 10.8. The van der Waals surface area contributed by atoms with Crippen LogP contribution in [0.4, 0.5) is 5.69 Å². The summed E-state index contributed by atoms with van der Waals surface area (Å²) >= 11 is 7.43. The summed E-state index contributed by atoms with van der Waals surface area (Å²) in [7, 11) is 1.85. The molecule has 1 N–H and O–H groups in total. The van der Waals surface area contributed by atoms with Gasteiger partial charge in [-0.05, 0) is 44.0 Å². The molecule has 8 heteroatoms. The number of nitrogens with zero attached hydrogens (tertiary/aromatic N) is 3. The Labute approximate surface area is 179 Å². The van der Waals surface area contributed by atoms with Crippen LogP contribution in [0.2, 0.25) is 5.02 Å². The third-order valence-corrected chi connectivity index (χ3v) is 5.72. The van der Waals surface area contributed by atoms with E-state index in [4.69, 9.17) is 16.3 Å². The summed E-state index contributed by atoms with van der Waals surface area (Å²) in [6.07, 6.45) is 0. The van der Waals surface area contributed by atoms with Gasteiger partial charge in [0.2, 0.25) is 5.91 Å². The number of aromatic nitrogens is 3. The highest BCUT2D eigenvalue weighted by atomic mass is 35.5. The molecule has 0 radical (unpaired) electrons. The number of carbonyl (C=O) groups is 1. The predicted octanol–water partition coefficient (Wildman–Crippen LogP) is 4.70. The van der Waals surface area contributed by atoms with Gasteiger partial charge < -0.3 is 14.6 Å². The predicted molar refractivity (Wildman–Crippen MR) is 117 cm³/mol. The molecule has 0 aliphatic rings. The van der Waals surface area contributed by atoms with Crippen LogP contribution in [0.25, 0.3) is 0 Å². The number of hydrogen-bond acceptors (Lipinski definition) is 5. The number of halogens is 1. The summed E-state index contributed by atoms with van der Waals surface area (Å²) in [5, 5.41) is 12.5. The topological polar surface area (TPSA) is 69.0 Å². The van der Waals surface area contributed by atoms with Crippen molar-refractivity contribution in [1.29, 1.82) is 0 Å². The monoisotopic (exact) mass is 430 g/mol. The molecule has 6 nitrogen and oxygen atoms in total. The van der Waals surface area contributed by atoms with Gasteiger partial charge in [0.1, 0.15) is 12.4 Å². The molecule has 0 unspecified atom stereocenters. The third-order valence-electron chi connectivity index (χ3n) is 4.39. The number of hydrogen-bond donors (Lipinski definition) is 1. The highest BCUT2D eigenvalue weighted by Crippen LogP contribution is 2.25. The molecule has 29 heavy (non-hydrogen) atoms. The first-order valence-corrected chi connectivity index (χ1v) is 10.5. The van der Waals surface area contributed by atoms with Gasteiger partial charge in [0.25, 0.3) is 0 Å². The van der Waals surface area contributed by atoms with Crippen molar-refractivity contribution in [1.82, 2.24) is 14.8 Å². The smallest absolute Gasteiger partial charge is 0.234 e. The van der Waals surface area contributed by atoms with E-state index >= 15 is 0 Å². The van der Waals surface area contributed by atoms with Crippen molar-refractivity contribution in [3.8, 4) is 5.75 Å². The zero-order valence-electron chi connectivity index (χ0n) is 16.8. The fourth-order valence-corrected chi connectivity index (χ4v) is 3.90. The summed E-state index contributed by atoms with van der Waals surface area (Å²) < 4.78 is 7.53. The van der Waals surface area contributed by atoms with E-state index in [-0.39, 0.29) is 18.3 Å². The van der Waals surface area contributed by atoms with Crippen LogP contribution in [-0.2, 0) is 18.4 Å².